The third-order valence-electron chi connectivity index (χ3n) is 4.30. The molecule has 4 unspecified atom stereocenters. The Hall–Kier alpha value is -0.960. The van der Waals surface area contributed by atoms with Gasteiger partial charge in [0.15, 0.2) is 0 Å². The summed E-state index contributed by atoms with van der Waals surface area (Å²) in [6.45, 7) is 3.99. The first-order valence-electron chi connectivity index (χ1n) is 7.49. The molecule has 2 fully saturated rings. The van der Waals surface area contributed by atoms with Gasteiger partial charge in [0.25, 0.3) is 0 Å². The van der Waals surface area contributed by atoms with Crippen molar-refractivity contribution in [3.05, 3.63) is 24.3 Å². The van der Waals surface area contributed by atoms with E-state index >= 15 is 0 Å². The smallest absolute Gasteiger partial charge is 0.141 e. The van der Waals surface area contributed by atoms with E-state index in [2.05, 4.69) is 0 Å². The number of carbonyl (C=O) groups excluding carboxylic acids is 2. The van der Waals surface area contributed by atoms with E-state index in [9.17, 15) is 9.59 Å². The van der Waals surface area contributed by atoms with Gasteiger partial charge in [0.2, 0.25) is 0 Å². The molecule has 24 heavy (non-hydrogen) atoms. The van der Waals surface area contributed by atoms with Gasteiger partial charge in [0.1, 0.15) is 21.2 Å². The van der Waals surface area contributed by atoms with Crippen molar-refractivity contribution in [2.24, 2.45) is 0 Å². The molecule has 2 heterocycles. The van der Waals surface area contributed by atoms with Crippen LogP contribution in [0.15, 0.2) is 24.3 Å². The highest BCUT2D eigenvalue weighted by molar-refractivity contribution is 8.25. The predicted molar refractivity (Wildman–Crippen MR) is 110 cm³/mol. The molecule has 4 atom stereocenters. The van der Waals surface area contributed by atoms with Gasteiger partial charge in [-0.15, -0.1) is 0 Å². The topological polar surface area (TPSA) is 40.6 Å². The highest BCUT2D eigenvalue weighted by atomic mass is 32.2. The fourth-order valence-corrected chi connectivity index (χ4v) is 6.13. The van der Waals surface area contributed by atoms with Crippen molar-refractivity contribution in [2.75, 3.05) is 9.80 Å². The molecule has 2 aliphatic rings. The summed E-state index contributed by atoms with van der Waals surface area (Å²) in [5, 5.41) is -0.351. The first-order chi connectivity index (χ1) is 11.5. The lowest BCUT2D eigenvalue weighted by Gasteiger charge is -2.31. The van der Waals surface area contributed by atoms with Crippen molar-refractivity contribution in [2.45, 2.75) is 36.4 Å². The molecule has 0 bridgehead atoms. The summed E-state index contributed by atoms with van der Waals surface area (Å²) >= 11 is 13.8. The van der Waals surface area contributed by atoms with E-state index in [0.29, 0.717) is 8.64 Å². The van der Waals surface area contributed by atoms with Crippen LogP contribution in [-0.4, -0.2) is 43.8 Å². The van der Waals surface area contributed by atoms with Crippen LogP contribution in [0.4, 0.5) is 11.4 Å². The minimum atomic E-state index is -0.175. The molecule has 0 saturated carbocycles. The molecule has 3 rings (SSSR count). The SMILES string of the molecule is CC1C(C=O)SC(=S)N1c1ccccc1N1C(=S)SC(C=O)C1C. The molecule has 0 amide bonds. The highest BCUT2D eigenvalue weighted by Crippen LogP contribution is 2.43. The maximum atomic E-state index is 11.3. The van der Waals surface area contributed by atoms with Gasteiger partial charge in [-0.05, 0) is 26.0 Å². The summed E-state index contributed by atoms with van der Waals surface area (Å²) < 4.78 is 1.37. The van der Waals surface area contributed by atoms with Gasteiger partial charge in [-0.3, -0.25) is 0 Å². The molecule has 8 heteroatoms. The van der Waals surface area contributed by atoms with Crippen LogP contribution in [0.25, 0.3) is 0 Å². The zero-order valence-electron chi connectivity index (χ0n) is 13.1. The van der Waals surface area contributed by atoms with E-state index in [-0.39, 0.29) is 22.6 Å². The van der Waals surface area contributed by atoms with Gasteiger partial charge >= 0.3 is 0 Å². The van der Waals surface area contributed by atoms with Gasteiger partial charge in [0, 0.05) is 0 Å². The van der Waals surface area contributed by atoms with Crippen molar-refractivity contribution in [1.29, 1.82) is 0 Å². The number of para-hydroxylation sites is 2. The average Bonchev–Trinajstić information content (AvgIpc) is 3.02. The van der Waals surface area contributed by atoms with E-state index < -0.39 is 0 Å². The Morgan fingerprint density at radius 3 is 1.54 bits per heavy atom. The molecular formula is C16H16N2O2S4. The summed E-state index contributed by atoms with van der Waals surface area (Å²) in [4.78, 5) is 26.6. The van der Waals surface area contributed by atoms with Gasteiger partial charge in [-0.1, -0.05) is 60.1 Å². The molecule has 4 nitrogen and oxygen atoms in total. The molecular weight excluding hydrogens is 380 g/mol. The van der Waals surface area contributed by atoms with Crippen LogP contribution in [0.3, 0.4) is 0 Å². The van der Waals surface area contributed by atoms with Crippen molar-refractivity contribution in [3.8, 4) is 0 Å². The molecule has 1 aromatic rings. The molecule has 1 aromatic carbocycles. The molecule has 2 saturated heterocycles. The first-order valence-corrected chi connectivity index (χ1v) is 10.1. The van der Waals surface area contributed by atoms with Gasteiger partial charge in [0.05, 0.1) is 34.0 Å². The lowest BCUT2D eigenvalue weighted by molar-refractivity contribution is -0.108. The van der Waals surface area contributed by atoms with E-state index in [0.717, 1.165) is 23.9 Å². The van der Waals surface area contributed by atoms with Gasteiger partial charge in [-0.2, -0.15) is 0 Å². The second-order valence-corrected chi connectivity index (χ2v) is 9.30. The maximum Gasteiger partial charge on any atom is 0.141 e. The standard InChI is InChI=1S/C16H16N2O2S4/c1-9-13(7-19)23-15(21)17(9)11-5-3-4-6-12(11)18-10(2)14(8-20)24-16(18)22/h3-10,13-14H,1-2H3. The fourth-order valence-electron chi connectivity index (χ4n) is 2.96. The predicted octanol–water partition coefficient (Wildman–Crippen LogP) is 3.27. The van der Waals surface area contributed by atoms with Crippen LogP contribution in [0.1, 0.15) is 13.8 Å². The Morgan fingerprint density at radius 2 is 1.25 bits per heavy atom. The van der Waals surface area contributed by atoms with Crippen LogP contribution < -0.4 is 9.80 Å². The van der Waals surface area contributed by atoms with Crippen molar-refractivity contribution in [3.63, 3.8) is 0 Å². The Kier molecular flexibility index (Phi) is 5.29. The summed E-state index contributed by atoms with van der Waals surface area (Å²) in [5.74, 6) is 0. The Morgan fingerprint density at radius 1 is 0.875 bits per heavy atom. The zero-order valence-corrected chi connectivity index (χ0v) is 16.4. The minimum Gasteiger partial charge on any atom is -0.321 e. The van der Waals surface area contributed by atoms with Crippen molar-refractivity contribution >= 4 is 80.5 Å². The lowest BCUT2D eigenvalue weighted by Crippen LogP contribution is -2.39. The summed E-state index contributed by atoms with van der Waals surface area (Å²) in [5.41, 5.74) is 1.85. The number of carbonyl (C=O) groups is 2. The molecule has 2 aliphatic heterocycles. The largest absolute Gasteiger partial charge is 0.321 e. The number of thioether (sulfide) groups is 2. The second-order valence-electron chi connectivity index (χ2n) is 5.68. The van der Waals surface area contributed by atoms with Gasteiger partial charge in [-0.25, -0.2) is 0 Å². The van der Waals surface area contributed by atoms with Crippen LogP contribution in [0.2, 0.25) is 0 Å². The van der Waals surface area contributed by atoms with Crippen molar-refractivity contribution < 1.29 is 9.59 Å². The number of thiocarbonyl (C=S) groups is 2. The average molecular weight is 397 g/mol. The number of rotatable bonds is 4. The fraction of sp³-hybridized carbons (Fsp3) is 0.375. The number of anilines is 2. The third-order valence-corrected chi connectivity index (χ3v) is 7.62. The highest BCUT2D eigenvalue weighted by Gasteiger charge is 2.41. The third kappa shape index (κ3) is 2.89. The monoisotopic (exact) mass is 396 g/mol. The van der Waals surface area contributed by atoms with E-state index in [1.807, 2.05) is 47.9 Å². The summed E-state index contributed by atoms with van der Waals surface area (Å²) in [7, 11) is 0. The van der Waals surface area contributed by atoms with E-state index in [1.54, 1.807) is 0 Å². The maximum absolute atomic E-state index is 11.3. The second kappa shape index (κ2) is 7.11. The Balaban J connectivity index is 2.03. The van der Waals surface area contributed by atoms with Crippen LogP contribution in [0, 0.1) is 0 Å². The van der Waals surface area contributed by atoms with E-state index in [4.69, 9.17) is 24.4 Å². The lowest BCUT2D eigenvalue weighted by atomic mass is 10.1. The summed E-state index contributed by atoms with van der Waals surface area (Å²) in [6, 6.07) is 7.81. The minimum absolute atomic E-state index is 0.0258. The van der Waals surface area contributed by atoms with Crippen LogP contribution in [-0.2, 0) is 9.59 Å². The quantitative estimate of drug-likeness (QED) is 0.567. The molecule has 0 radical (unpaired) electrons. The number of nitrogens with zero attached hydrogens (tertiary/aromatic N) is 2. The number of hydrogen-bond acceptors (Lipinski definition) is 6. The first kappa shape index (κ1) is 17.8. The number of aldehydes is 2. The Bertz CT molecular complexity index is 652. The van der Waals surface area contributed by atoms with Crippen molar-refractivity contribution in [1.82, 2.24) is 0 Å². The molecule has 0 spiro atoms. The zero-order chi connectivity index (χ0) is 17.4. The van der Waals surface area contributed by atoms with Crippen LogP contribution >= 0.6 is 48.0 Å². The normalized spacial score (nSPS) is 30.1. The summed E-state index contributed by atoms with van der Waals surface area (Å²) in [6.07, 6.45) is 1.90. The molecule has 0 aromatic heterocycles. The Labute approximate surface area is 160 Å². The molecule has 0 N–H and O–H groups in total. The van der Waals surface area contributed by atoms with Gasteiger partial charge < -0.3 is 19.4 Å². The number of benzene rings is 1. The van der Waals surface area contributed by atoms with E-state index in [1.165, 1.54) is 23.5 Å². The number of hydrogen-bond donors (Lipinski definition) is 0. The molecule has 126 valence electrons. The van der Waals surface area contributed by atoms with Crippen LogP contribution in [0.5, 0.6) is 0 Å². The molecule has 0 aliphatic carbocycles.